The number of hydrogen-bond donors (Lipinski definition) is 0. The number of nitro benzene ring substituents is 2. The van der Waals surface area contributed by atoms with E-state index in [2.05, 4.69) is 4.74 Å². The molecule has 0 unspecified atom stereocenters. The van der Waals surface area contributed by atoms with Gasteiger partial charge in [-0.2, -0.15) is 4.31 Å². The first-order valence-electron chi connectivity index (χ1n) is 9.23. The van der Waals surface area contributed by atoms with E-state index in [1.54, 1.807) is 0 Å². The first-order valence-corrected chi connectivity index (χ1v) is 10.7. The average molecular weight is 486 g/mol. The minimum atomic E-state index is -4.56. The molecule has 0 bridgehead atoms. The van der Waals surface area contributed by atoms with Crippen molar-refractivity contribution in [1.82, 2.24) is 4.31 Å². The van der Waals surface area contributed by atoms with Crippen LogP contribution < -0.4 is 4.90 Å². The number of nitro groups is 2. The number of non-ortho nitro benzene ring substituents is 1. The fourth-order valence-electron chi connectivity index (χ4n) is 3.46. The third-order valence-corrected chi connectivity index (χ3v) is 6.91. The SMILES string of the molecule is COC(=O)c1cc([N+](=O)[O-])cc([N+](=O)[O-])c1N1CCN(S(=O)(=O)c2c(F)cccc2F)CC1. The molecule has 2 aromatic carbocycles. The molecule has 0 saturated carbocycles. The summed E-state index contributed by atoms with van der Waals surface area (Å²) in [5.41, 5.74) is -2.19. The minimum absolute atomic E-state index is 0.210. The number of anilines is 1. The van der Waals surface area contributed by atoms with Crippen LogP contribution in [0, 0.1) is 31.9 Å². The number of carbonyl (C=O) groups is 1. The Bertz CT molecular complexity index is 1230. The summed E-state index contributed by atoms with van der Waals surface area (Å²) in [6.07, 6.45) is 0. The molecule has 15 heteroatoms. The number of halogens is 2. The largest absolute Gasteiger partial charge is 0.465 e. The van der Waals surface area contributed by atoms with Gasteiger partial charge in [0.25, 0.3) is 11.4 Å². The summed E-state index contributed by atoms with van der Waals surface area (Å²) >= 11 is 0. The maximum Gasteiger partial charge on any atom is 0.340 e. The topological polar surface area (TPSA) is 153 Å². The molecule has 1 fully saturated rings. The maximum atomic E-state index is 14.0. The van der Waals surface area contributed by atoms with E-state index < -0.39 is 59.3 Å². The summed E-state index contributed by atoms with van der Waals surface area (Å²) in [6, 6.07) is 4.12. The summed E-state index contributed by atoms with van der Waals surface area (Å²) in [7, 11) is -3.57. The maximum absolute atomic E-state index is 14.0. The molecule has 1 aliphatic heterocycles. The Morgan fingerprint density at radius 2 is 1.61 bits per heavy atom. The van der Waals surface area contributed by atoms with Crippen LogP contribution in [0.4, 0.5) is 25.8 Å². The number of benzene rings is 2. The first kappa shape index (κ1) is 23.9. The first-order chi connectivity index (χ1) is 15.5. The van der Waals surface area contributed by atoms with Crippen molar-refractivity contribution in [3.63, 3.8) is 0 Å². The predicted octanol–water partition coefficient (Wildman–Crippen LogP) is 2.08. The molecule has 176 valence electrons. The van der Waals surface area contributed by atoms with Crippen LogP contribution in [0.5, 0.6) is 0 Å². The Kier molecular flexibility index (Phi) is 6.55. The van der Waals surface area contributed by atoms with Crippen LogP contribution in [0.2, 0.25) is 0 Å². The Balaban J connectivity index is 1.99. The van der Waals surface area contributed by atoms with Gasteiger partial charge in [-0.05, 0) is 12.1 Å². The van der Waals surface area contributed by atoms with E-state index in [0.717, 1.165) is 35.7 Å². The normalized spacial score (nSPS) is 14.7. The molecular weight excluding hydrogens is 470 g/mol. The number of hydrogen-bond acceptors (Lipinski definition) is 9. The van der Waals surface area contributed by atoms with Crippen LogP contribution in [0.3, 0.4) is 0 Å². The van der Waals surface area contributed by atoms with Gasteiger partial charge in [-0.1, -0.05) is 6.07 Å². The highest BCUT2D eigenvalue weighted by Gasteiger charge is 2.37. The number of esters is 1. The second-order valence-corrected chi connectivity index (χ2v) is 8.68. The van der Waals surface area contributed by atoms with Crippen LogP contribution in [-0.2, 0) is 14.8 Å². The fourth-order valence-corrected chi connectivity index (χ4v) is 4.99. The molecule has 1 saturated heterocycles. The molecule has 0 spiro atoms. The van der Waals surface area contributed by atoms with Gasteiger partial charge in [0.05, 0.1) is 28.6 Å². The molecule has 3 rings (SSSR count). The minimum Gasteiger partial charge on any atom is -0.465 e. The van der Waals surface area contributed by atoms with Crippen LogP contribution in [0.15, 0.2) is 35.2 Å². The zero-order valence-corrected chi connectivity index (χ0v) is 17.8. The van der Waals surface area contributed by atoms with E-state index >= 15 is 0 Å². The van der Waals surface area contributed by atoms with Gasteiger partial charge in [0, 0.05) is 32.2 Å². The van der Waals surface area contributed by atoms with Crippen molar-refractivity contribution in [3.05, 3.63) is 67.8 Å². The Morgan fingerprint density at radius 1 is 1.03 bits per heavy atom. The lowest BCUT2D eigenvalue weighted by Gasteiger charge is -2.35. The molecule has 0 aromatic heterocycles. The highest BCUT2D eigenvalue weighted by atomic mass is 32.2. The zero-order valence-electron chi connectivity index (χ0n) is 16.9. The standard InChI is InChI=1S/C18H16F2N4O8S/c1-32-18(25)12-9-11(23(26)27)10-15(24(28)29)16(12)21-5-7-22(8-6-21)33(30,31)17-13(19)3-2-4-14(17)20/h2-4,9-10H,5-8H2,1H3. The Hall–Kier alpha value is -3.72. The summed E-state index contributed by atoms with van der Waals surface area (Å²) in [5.74, 6) is -3.60. The van der Waals surface area contributed by atoms with Crippen molar-refractivity contribution >= 4 is 33.1 Å². The Morgan fingerprint density at radius 3 is 2.09 bits per heavy atom. The number of rotatable bonds is 6. The van der Waals surface area contributed by atoms with Gasteiger partial charge in [-0.25, -0.2) is 22.0 Å². The van der Waals surface area contributed by atoms with Crippen molar-refractivity contribution in [2.45, 2.75) is 4.90 Å². The number of carbonyl (C=O) groups excluding carboxylic acids is 1. The van der Waals surface area contributed by atoms with Gasteiger partial charge in [-0.3, -0.25) is 20.2 Å². The molecule has 2 aromatic rings. The van der Waals surface area contributed by atoms with Crippen molar-refractivity contribution in [2.24, 2.45) is 0 Å². The lowest BCUT2D eigenvalue weighted by molar-refractivity contribution is -0.393. The molecule has 0 N–H and O–H groups in total. The third-order valence-electron chi connectivity index (χ3n) is 4.96. The van der Waals surface area contributed by atoms with Crippen LogP contribution in [-0.4, -0.2) is 61.8 Å². The molecule has 1 aliphatic rings. The zero-order chi connectivity index (χ0) is 24.5. The van der Waals surface area contributed by atoms with E-state index in [9.17, 15) is 42.2 Å². The van der Waals surface area contributed by atoms with E-state index in [4.69, 9.17) is 0 Å². The lowest BCUT2D eigenvalue weighted by Crippen LogP contribution is -2.49. The van der Waals surface area contributed by atoms with Gasteiger partial charge >= 0.3 is 5.97 Å². The highest BCUT2D eigenvalue weighted by molar-refractivity contribution is 7.89. The molecule has 0 aliphatic carbocycles. The lowest BCUT2D eigenvalue weighted by atomic mass is 10.1. The number of sulfonamides is 1. The quantitative estimate of drug-likeness (QED) is 0.339. The van der Waals surface area contributed by atoms with Crippen molar-refractivity contribution in [2.75, 3.05) is 38.2 Å². The monoisotopic (exact) mass is 486 g/mol. The van der Waals surface area contributed by atoms with Crippen molar-refractivity contribution in [3.8, 4) is 0 Å². The number of methoxy groups -OCH3 is 1. The molecule has 33 heavy (non-hydrogen) atoms. The van der Waals surface area contributed by atoms with Crippen LogP contribution >= 0.6 is 0 Å². The average Bonchev–Trinajstić information content (AvgIpc) is 2.77. The van der Waals surface area contributed by atoms with E-state index in [0.29, 0.717) is 6.07 Å². The van der Waals surface area contributed by atoms with Gasteiger partial charge < -0.3 is 9.64 Å². The van der Waals surface area contributed by atoms with Crippen LogP contribution in [0.25, 0.3) is 0 Å². The molecule has 0 radical (unpaired) electrons. The van der Waals surface area contributed by atoms with Gasteiger partial charge in [0.1, 0.15) is 17.3 Å². The predicted molar refractivity (Wildman–Crippen MR) is 108 cm³/mol. The van der Waals surface area contributed by atoms with Gasteiger partial charge in [-0.15, -0.1) is 0 Å². The number of piperazine rings is 1. The second-order valence-electron chi connectivity index (χ2n) is 6.81. The third kappa shape index (κ3) is 4.45. The number of nitrogens with zero attached hydrogens (tertiary/aromatic N) is 4. The Labute approximate surface area is 185 Å². The highest BCUT2D eigenvalue weighted by Crippen LogP contribution is 2.37. The van der Waals surface area contributed by atoms with E-state index in [-0.39, 0.29) is 31.9 Å². The van der Waals surface area contributed by atoms with Crippen molar-refractivity contribution in [1.29, 1.82) is 0 Å². The van der Waals surface area contributed by atoms with E-state index in [1.165, 1.54) is 4.90 Å². The molecular formula is C18H16F2N4O8S. The number of ether oxygens (including phenoxy) is 1. The van der Waals surface area contributed by atoms with E-state index in [1.807, 2.05) is 0 Å². The smallest absolute Gasteiger partial charge is 0.340 e. The summed E-state index contributed by atoms with van der Waals surface area (Å²) in [4.78, 5) is 33.3. The molecule has 1 heterocycles. The molecule has 12 nitrogen and oxygen atoms in total. The summed E-state index contributed by atoms with van der Waals surface area (Å²) in [6.45, 7) is -1.08. The van der Waals surface area contributed by atoms with Crippen molar-refractivity contribution < 1.29 is 36.6 Å². The summed E-state index contributed by atoms with van der Waals surface area (Å²) in [5, 5.41) is 22.8. The van der Waals surface area contributed by atoms with Gasteiger partial charge in [0.15, 0.2) is 4.90 Å². The van der Waals surface area contributed by atoms with Gasteiger partial charge in [0.2, 0.25) is 10.0 Å². The summed E-state index contributed by atoms with van der Waals surface area (Å²) < 4.78 is 59.0. The fraction of sp³-hybridized carbons (Fsp3) is 0.278. The van der Waals surface area contributed by atoms with Crippen LogP contribution in [0.1, 0.15) is 10.4 Å². The molecule has 0 amide bonds. The second kappa shape index (κ2) is 9.03. The molecule has 0 atom stereocenters.